The maximum absolute atomic E-state index is 11.3. The van der Waals surface area contributed by atoms with Gasteiger partial charge in [0.15, 0.2) is 0 Å². The molecule has 0 bridgehead atoms. The number of rotatable bonds is 6. The Morgan fingerprint density at radius 3 is 1.67 bits per heavy atom. The molecule has 0 saturated carbocycles. The third-order valence-corrected chi connectivity index (χ3v) is 6.28. The molecule has 0 atom stereocenters. The van der Waals surface area contributed by atoms with Crippen LogP contribution in [0.5, 0.6) is 0 Å². The summed E-state index contributed by atoms with van der Waals surface area (Å²) in [6.45, 7) is 0. The molecule has 2 heterocycles. The summed E-state index contributed by atoms with van der Waals surface area (Å²) < 4.78 is 0. The monoisotopic (exact) mass is 376 g/mol. The Morgan fingerprint density at radius 2 is 1.29 bits per heavy atom. The van der Waals surface area contributed by atoms with E-state index in [1.807, 2.05) is 0 Å². The van der Waals surface area contributed by atoms with Crippen molar-refractivity contribution in [2.75, 3.05) is 0 Å². The van der Waals surface area contributed by atoms with E-state index in [4.69, 9.17) is 23.2 Å². The predicted molar refractivity (Wildman–Crippen MR) is 88.1 cm³/mol. The molecule has 2 rings (SSSR count). The fourth-order valence-electron chi connectivity index (χ4n) is 1.30. The topological polar surface area (TPSA) is 59.9 Å². The van der Waals surface area contributed by atoms with Crippen molar-refractivity contribution in [3.63, 3.8) is 0 Å². The van der Waals surface area contributed by atoms with E-state index in [0.717, 1.165) is 0 Å². The van der Waals surface area contributed by atoms with Crippen molar-refractivity contribution < 1.29 is 9.59 Å². The molecule has 0 aliphatic carbocycles. The molecule has 0 aromatic carbocycles. The number of carbonyl (C=O) groups is 2. The average molecular weight is 377 g/mol. The van der Waals surface area contributed by atoms with Crippen molar-refractivity contribution >= 4 is 65.1 Å². The van der Waals surface area contributed by atoms with E-state index < -0.39 is 10.5 Å². The Labute approximate surface area is 142 Å². The third-order valence-electron chi connectivity index (χ3n) is 2.19. The molecule has 0 radical (unpaired) electrons. The normalized spacial score (nSPS) is 10.4. The molecule has 108 valence electrons. The van der Waals surface area contributed by atoms with Crippen molar-refractivity contribution in [2.45, 2.75) is 10.1 Å². The number of aromatic nitrogens is 2. The van der Waals surface area contributed by atoms with Crippen LogP contribution in [0.1, 0.15) is 20.7 Å². The van der Waals surface area contributed by atoms with E-state index in [0.29, 0.717) is 21.2 Å². The summed E-state index contributed by atoms with van der Waals surface area (Å²) >= 11 is 11.0. The molecule has 0 saturated heterocycles. The van der Waals surface area contributed by atoms with Gasteiger partial charge >= 0.3 is 0 Å². The van der Waals surface area contributed by atoms with Crippen LogP contribution in [0.25, 0.3) is 0 Å². The van der Waals surface area contributed by atoms with Gasteiger partial charge in [0.1, 0.15) is 10.1 Å². The molecule has 2 aromatic rings. The zero-order chi connectivity index (χ0) is 15.2. The summed E-state index contributed by atoms with van der Waals surface area (Å²) in [7, 11) is 3.83. The number of pyridine rings is 2. The van der Waals surface area contributed by atoms with E-state index in [9.17, 15) is 9.59 Å². The van der Waals surface area contributed by atoms with E-state index in [1.54, 1.807) is 36.7 Å². The molecule has 0 aliphatic rings. The SMILES string of the molecule is O=C(Cl)c1cccnc1SSSc1ncccc1C(=O)Cl. The van der Waals surface area contributed by atoms with Crippen LogP contribution in [0.2, 0.25) is 0 Å². The van der Waals surface area contributed by atoms with Crippen molar-refractivity contribution in [1.82, 2.24) is 9.97 Å². The number of halogens is 2. The molecule has 0 N–H and O–H groups in total. The van der Waals surface area contributed by atoms with Gasteiger partial charge in [0, 0.05) is 12.4 Å². The lowest BCUT2D eigenvalue weighted by molar-refractivity contribution is 0.107. The first-order valence-electron chi connectivity index (χ1n) is 5.40. The molecule has 9 heteroatoms. The lowest BCUT2D eigenvalue weighted by atomic mass is 10.3. The number of carbonyl (C=O) groups excluding carboxylic acids is 2. The fraction of sp³-hybridized carbons (Fsp3) is 0. The van der Waals surface area contributed by atoms with Crippen LogP contribution in [-0.2, 0) is 0 Å². The quantitative estimate of drug-likeness (QED) is 0.535. The van der Waals surface area contributed by atoms with E-state index in [2.05, 4.69) is 9.97 Å². The van der Waals surface area contributed by atoms with Gasteiger partial charge in [0.25, 0.3) is 10.5 Å². The standard InChI is InChI=1S/C12H6Cl2N2O2S3/c13-9(17)7-3-1-5-15-11(7)19-21-20-12-8(10(14)18)4-2-6-16-12/h1-6H. The van der Waals surface area contributed by atoms with Crippen molar-refractivity contribution in [3.8, 4) is 0 Å². The van der Waals surface area contributed by atoms with Crippen LogP contribution in [0.15, 0.2) is 46.7 Å². The number of nitrogens with zero attached hydrogens (tertiary/aromatic N) is 2. The van der Waals surface area contributed by atoms with Gasteiger partial charge in [0.05, 0.1) is 11.1 Å². The van der Waals surface area contributed by atoms with Crippen molar-refractivity contribution in [2.24, 2.45) is 0 Å². The Kier molecular flexibility index (Phi) is 6.38. The Morgan fingerprint density at radius 1 is 0.857 bits per heavy atom. The molecule has 0 spiro atoms. The molecule has 21 heavy (non-hydrogen) atoms. The van der Waals surface area contributed by atoms with Crippen LogP contribution in [0.3, 0.4) is 0 Å². The highest BCUT2D eigenvalue weighted by molar-refractivity contribution is 9.09. The first-order chi connectivity index (χ1) is 10.1. The van der Waals surface area contributed by atoms with Gasteiger partial charge in [-0.15, -0.1) is 0 Å². The highest BCUT2D eigenvalue weighted by atomic mass is 35.5. The van der Waals surface area contributed by atoms with Crippen LogP contribution >= 0.6 is 54.6 Å². The molecule has 0 fully saturated rings. The zero-order valence-corrected chi connectivity index (χ0v) is 14.1. The summed E-state index contributed by atoms with van der Waals surface area (Å²) in [5.41, 5.74) is 0.680. The van der Waals surface area contributed by atoms with Gasteiger partial charge in [-0.1, -0.05) is 0 Å². The fourth-order valence-corrected chi connectivity index (χ4v) is 5.34. The summed E-state index contributed by atoms with van der Waals surface area (Å²) in [5.74, 6) is 0. The predicted octanol–water partition coefficient (Wildman–Crippen LogP) is 4.68. The van der Waals surface area contributed by atoms with Crippen LogP contribution < -0.4 is 0 Å². The first kappa shape index (κ1) is 16.6. The van der Waals surface area contributed by atoms with E-state index in [1.165, 1.54) is 31.4 Å². The van der Waals surface area contributed by atoms with Crippen LogP contribution in [0.4, 0.5) is 0 Å². The minimum atomic E-state index is -0.564. The highest BCUT2D eigenvalue weighted by Crippen LogP contribution is 2.45. The minimum absolute atomic E-state index is 0.340. The van der Waals surface area contributed by atoms with E-state index in [-0.39, 0.29) is 0 Å². The first-order valence-corrected chi connectivity index (χ1v) is 9.64. The Balaban J connectivity index is 2.06. The van der Waals surface area contributed by atoms with Gasteiger partial charge in [-0.05, 0) is 78.9 Å². The second-order valence-electron chi connectivity index (χ2n) is 3.49. The lowest BCUT2D eigenvalue weighted by Crippen LogP contribution is -1.94. The third kappa shape index (κ3) is 4.62. The second-order valence-corrected chi connectivity index (χ2v) is 8.06. The summed E-state index contributed by atoms with van der Waals surface area (Å²) in [6.07, 6.45) is 3.15. The second kappa shape index (κ2) is 8.05. The summed E-state index contributed by atoms with van der Waals surface area (Å²) in [5, 5.41) is -0.120. The van der Waals surface area contributed by atoms with Crippen molar-refractivity contribution in [3.05, 3.63) is 47.8 Å². The van der Waals surface area contributed by atoms with Crippen molar-refractivity contribution in [1.29, 1.82) is 0 Å². The Bertz CT molecular complexity index is 628. The van der Waals surface area contributed by atoms with Gasteiger partial charge in [-0.3, -0.25) is 9.59 Å². The van der Waals surface area contributed by atoms with Gasteiger partial charge < -0.3 is 0 Å². The Hall–Kier alpha value is -0.730. The summed E-state index contributed by atoms with van der Waals surface area (Å²) in [6, 6.07) is 6.48. The smallest absolute Gasteiger partial charge is 0.255 e. The van der Waals surface area contributed by atoms with Gasteiger partial charge in [-0.25, -0.2) is 9.97 Å². The largest absolute Gasteiger partial charge is 0.276 e. The maximum Gasteiger partial charge on any atom is 0.255 e. The zero-order valence-electron chi connectivity index (χ0n) is 10.2. The molecule has 0 aliphatic heterocycles. The number of hydrogen-bond acceptors (Lipinski definition) is 7. The van der Waals surface area contributed by atoms with Crippen LogP contribution in [0, 0.1) is 0 Å². The van der Waals surface area contributed by atoms with Gasteiger partial charge in [-0.2, -0.15) is 0 Å². The number of hydrogen-bond donors (Lipinski definition) is 0. The average Bonchev–Trinajstić information content (AvgIpc) is 2.48. The maximum atomic E-state index is 11.3. The minimum Gasteiger partial charge on any atom is -0.276 e. The lowest BCUT2D eigenvalue weighted by Gasteiger charge is -2.04. The molecular weight excluding hydrogens is 371 g/mol. The van der Waals surface area contributed by atoms with Crippen LogP contribution in [-0.4, -0.2) is 20.5 Å². The highest BCUT2D eigenvalue weighted by Gasteiger charge is 2.14. The summed E-state index contributed by atoms with van der Waals surface area (Å²) in [4.78, 5) is 30.7. The molecule has 4 nitrogen and oxygen atoms in total. The molecule has 0 unspecified atom stereocenters. The molecule has 0 amide bonds. The molecule has 2 aromatic heterocycles. The van der Waals surface area contributed by atoms with Gasteiger partial charge in [0.2, 0.25) is 0 Å². The molecular formula is C12H6Cl2N2O2S3. The van der Waals surface area contributed by atoms with E-state index >= 15 is 0 Å².